The van der Waals surface area contributed by atoms with Gasteiger partial charge in [0.05, 0.1) is 11.3 Å². The van der Waals surface area contributed by atoms with Crippen LogP contribution in [-0.2, 0) is 4.79 Å². The molecule has 7 nitrogen and oxygen atoms in total. The summed E-state index contributed by atoms with van der Waals surface area (Å²) < 4.78 is 2.01. The van der Waals surface area contributed by atoms with Gasteiger partial charge in [-0.05, 0) is 37.8 Å². The van der Waals surface area contributed by atoms with Crippen LogP contribution in [0.15, 0.2) is 18.3 Å². The van der Waals surface area contributed by atoms with Gasteiger partial charge in [-0.15, -0.1) is 0 Å². The minimum absolute atomic E-state index is 0.102. The van der Waals surface area contributed by atoms with E-state index < -0.39 is 0 Å². The predicted molar refractivity (Wildman–Crippen MR) is 111 cm³/mol. The Morgan fingerprint density at radius 3 is 2.61 bits per heavy atom. The Balaban J connectivity index is 1.74. The van der Waals surface area contributed by atoms with Gasteiger partial charge in [0.15, 0.2) is 0 Å². The quantitative estimate of drug-likeness (QED) is 0.718. The molecule has 2 N–H and O–H groups in total. The standard InChI is InChI=1S/C21H31N5O2/c1-15-21(25(3)13-17-7-5-4-6-8-17)26-14-18(9-10-19(26)24-15)20(28)23-12-11-22-16(2)27/h9-10,14,17H,4-8,11-13H2,1-3H3,(H,22,27)(H,23,28). The van der Waals surface area contributed by atoms with Crippen molar-refractivity contribution < 1.29 is 9.59 Å². The lowest BCUT2D eigenvalue weighted by Gasteiger charge is -2.28. The number of amides is 2. The van der Waals surface area contributed by atoms with Crippen LogP contribution in [0.4, 0.5) is 5.82 Å². The lowest BCUT2D eigenvalue weighted by molar-refractivity contribution is -0.118. The molecule has 3 rings (SSSR count). The summed E-state index contributed by atoms with van der Waals surface area (Å²) in [5, 5.41) is 5.51. The molecule has 0 atom stereocenters. The van der Waals surface area contributed by atoms with Gasteiger partial charge < -0.3 is 15.5 Å². The minimum Gasteiger partial charge on any atom is -0.359 e. The second-order valence-electron chi connectivity index (χ2n) is 7.79. The third kappa shape index (κ3) is 4.82. The molecule has 2 heterocycles. The summed E-state index contributed by atoms with van der Waals surface area (Å²) in [6, 6.07) is 3.67. The molecule has 1 aliphatic rings. The fourth-order valence-corrected chi connectivity index (χ4v) is 4.10. The molecule has 0 bridgehead atoms. The molecule has 0 saturated heterocycles. The van der Waals surface area contributed by atoms with Crippen LogP contribution in [0.1, 0.15) is 55.1 Å². The number of hydrogen-bond donors (Lipinski definition) is 2. The summed E-state index contributed by atoms with van der Waals surface area (Å²) in [5.41, 5.74) is 2.40. The van der Waals surface area contributed by atoms with Gasteiger partial charge in [-0.25, -0.2) is 4.98 Å². The maximum Gasteiger partial charge on any atom is 0.252 e. The number of aryl methyl sites for hydroxylation is 1. The van der Waals surface area contributed by atoms with Crippen LogP contribution in [0.25, 0.3) is 5.65 Å². The van der Waals surface area contributed by atoms with Crippen molar-refractivity contribution in [3.8, 4) is 0 Å². The number of pyridine rings is 1. The molecule has 1 saturated carbocycles. The van der Waals surface area contributed by atoms with Crippen molar-refractivity contribution in [3.05, 3.63) is 29.6 Å². The van der Waals surface area contributed by atoms with E-state index in [0.717, 1.165) is 29.6 Å². The zero-order valence-corrected chi connectivity index (χ0v) is 17.1. The van der Waals surface area contributed by atoms with Gasteiger partial charge >= 0.3 is 0 Å². The molecule has 2 amide bonds. The van der Waals surface area contributed by atoms with Gasteiger partial charge in [-0.3, -0.25) is 14.0 Å². The first-order chi connectivity index (χ1) is 13.5. The molecular formula is C21H31N5O2. The molecule has 28 heavy (non-hydrogen) atoms. The number of rotatable bonds is 7. The Bertz CT molecular complexity index is 839. The summed E-state index contributed by atoms with van der Waals surface area (Å²) in [6.07, 6.45) is 8.45. The molecule has 0 unspecified atom stereocenters. The van der Waals surface area contributed by atoms with E-state index >= 15 is 0 Å². The van der Waals surface area contributed by atoms with Crippen molar-refractivity contribution in [1.29, 1.82) is 0 Å². The van der Waals surface area contributed by atoms with E-state index in [1.807, 2.05) is 23.6 Å². The average Bonchev–Trinajstić information content (AvgIpc) is 3.00. The predicted octanol–water partition coefficient (Wildman–Crippen LogP) is 2.53. The zero-order valence-electron chi connectivity index (χ0n) is 17.1. The van der Waals surface area contributed by atoms with Crippen molar-refractivity contribution in [2.24, 2.45) is 5.92 Å². The van der Waals surface area contributed by atoms with Crippen LogP contribution in [0, 0.1) is 12.8 Å². The van der Waals surface area contributed by atoms with Gasteiger partial charge in [0.2, 0.25) is 5.91 Å². The number of aromatic nitrogens is 2. The first kappa shape index (κ1) is 20.2. The van der Waals surface area contributed by atoms with Crippen LogP contribution in [-0.4, -0.2) is 47.9 Å². The Kier molecular flexibility index (Phi) is 6.54. The molecular weight excluding hydrogens is 354 g/mol. The number of anilines is 1. The fourth-order valence-electron chi connectivity index (χ4n) is 4.10. The average molecular weight is 386 g/mol. The highest BCUT2D eigenvalue weighted by atomic mass is 16.2. The third-order valence-electron chi connectivity index (χ3n) is 5.43. The lowest BCUT2D eigenvalue weighted by atomic mass is 9.89. The number of fused-ring (bicyclic) bond motifs is 1. The second-order valence-corrected chi connectivity index (χ2v) is 7.79. The molecule has 7 heteroatoms. The normalized spacial score (nSPS) is 14.8. The SMILES string of the molecule is CC(=O)NCCNC(=O)c1ccc2nc(C)c(N(C)CC3CCCCC3)n2c1. The highest BCUT2D eigenvalue weighted by Gasteiger charge is 2.20. The zero-order chi connectivity index (χ0) is 20.1. The van der Waals surface area contributed by atoms with E-state index in [4.69, 9.17) is 0 Å². The van der Waals surface area contributed by atoms with Crippen molar-refractivity contribution in [2.45, 2.75) is 46.0 Å². The van der Waals surface area contributed by atoms with Gasteiger partial charge in [0.25, 0.3) is 5.91 Å². The Morgan fingerprint density at radius 1 is 1.18 bits per heavy atom. The van der Waals surface area contributed by atoms with Crippen molar-refractivity contribution >= 4 is 23.3 Å². The highest BCUT2D eigenvalue weighted by Crippen LogP contribution is 2.28. The summed E-state index contributed by atoms with van der Waals surface area (Å²) in [5.74, 6) is 1.52. The van der Waals surface area contributed by atoms with Crippen LogP contribution in [0.3, 0.4) is 0 Å². The number of imidazole rings is 1. The Hall–Kier alpha value is -2.57. The summed E-state index contributed by atoms with van der Waals surface area (Å²) in [6.45, 7) is 5.31. The van der Waals surface area contributed by atoms with E-state index in [-0.39, 0.29) is 11.8 Å². The number of carbonyl (C=O) groups is 2. The van der Waals surface area contributed by atoms with Crippen molar-refractivity contribution in [3.63, 3.8) is 0 Å². The monoisotopic (exact) mass is 385 g/mol. The number of nitrogens with one attached hydrogen (secondary N) is 2. The Labute approximate surface area is 166 Å². The number of nitrogens with zero attached hydrogens (tertiary/aromatic N) is 3. The molecule has 152 valence electrons. The molecule has 1 fully saturated rings. The number of hydrogen-bond acceptors (Lipinski definition) is 4. The second kappa shape index (κ2) is 9.08. The van der Waals surface area contributed by atoms with Crippen LogP contribution >= 0.6 is 0 Å². The van der Waals surface area contributed by atoms with E-state index in [9.17, 15) is 9.59 Å². The molecule has 2 aromatic rings. The summed E-state index contributed by atoms with van der Waals surface area (Å²) >= 11 is 0. The third-order valence-corrected chi connectivity index (χ3v) is 5.43. The molecule has 0 aliphatic heterocycles. The van der Waals surface area contributed by atoms with Crippen LogP contribution in [0.5, 0.6) is 0 Å². The minimum atomic E-state index is -0.153. The summed E-state index contributed by atoms with van der Waals surface area (Å²) in [4.78, 5) is 30.3. The number of carbonyl (C=O) groups excluding carboxylic acids is 2. The van der Waals surface area contributed by atoms with Gasteiger partial charge in [-0.2, -0.15) is 0 Å². The molecule has 0 spiro atoms. The maximum absolute atomic E-state index is 12.5. The molecule has 1 aliphatic carbocycles. The maximum atomic E-state index is 12.5. The van der Waals surface area contributed by atoms with E-state index in [0.29, 0.717) is 18.7 Å². The fraction of sp³-hybridized carbons (Fsp3) is 0.571. The van der Waals surface area contributed by atoms with Crippen LogP contribution < -0.4 is 15.5 Å². The topological polar surface area (TPSA) is 78.7 Å². The van der Waals surface area contributed by atoms with Crippen LogP contribution in [0.2, 0.25) is 0 Å². The van der Waals surface area contributed by atoms with Crippen molar-refractivity contribution in [1.82, 2.24) is 20.0 Å². The smallest absolute Gasteiger partial charge is 0.252 e. The first-order valence-electron chi connectivity index (χ1n) is 10.2. The Morgan fingerprint density at radius 2 is 1.89 bits per heavy atom. The summed E-state index contributed by atoms with van der Waals surface area (Å²) in [7, 11) is 2.12. The van der Waals surface area contributed by atoms with Crippen molar-refractivity contribution in [2.75, 3.05) is 31.6 Å². The molecule has 2 aromatic heterocycles. The van der Waals surface area contributed by atoms with E-state index in [1.165, 1.54) is 39.0 Å². The molecule has 0 radical (unpaired) electrons. The molecule has 0 aromatic carbocycles. The van der Waals surface area contributed by atoms with Gasteiger partial charge in [-0.1, -0.05) is 19.3 Å². The lowest BCUT2D eigenvalue weighted by Crippen LogP contribution is -2.33. The van der Waals surface area contributed by atoms with E-state index in [1.54, 1.807) is 6.07 Å². The first-order valence-corrected chi connectivity index (χ1v) is 10.2. The van der Waals surface area contributed by atoms with E-state index in [2.05, 4.69) is 27.6 Å². The highest BCUT2D eigenvalue weighted by molar-refractivity contribution is 5.94. The van der Waals surface area contributed by atoms with Gasteiger partial charge in [0, 0.05) is 39.8 Å². The largest absolute Gasteiger partial charge is 0.359 e. The van der Waals surface area contributed by atoms with Gasteiger partial charge in [0.1, 0.15) is 11.5 Å².